The first-order valence-corrected chi connectivity index (χ1v) is 4.44. The fraction of sp³-hybridized carbons (Fsp3) is 0.200. The maximum Gasteiger partial charge on any atom is 0.255 e. The fourth-order valence-corrected chi connectivity index (χ4v) is 1.11. The third-order valence-electron chi connectivity index (χ3n) is 1.85. The van der Waals surface area contributed by atoms with Crippen LogP contribution in [-0.2, 0) is 4.79 Å². The van der Waals surface area contributed by atoms with Crippen LogP contribution in [0.4, 0.5) is 4.39 Å². The van der Waals surface area contributed by atoms with Crippen molar-refractivity contribution < 1.29 is 19.1 Å². The second-order valence-corrected chi connectivity index (χ2v) is 3.08. The van der Waals surface area contributed by atoms with E-state index in [-0.39, 0.29) is 23.6 Å². The predicted molar refractivity (Wildman–Crippen MR) is 55.1 cm³/mol. The molecule has 0 saturated carbocycles. The zero-order valence-corrected chi connectivity index (χ0v) is 8.61. The van der Waals surface area contributed by atoms with E-state index in [1.54, 1.807) is 0 Å². The highest BCUT2D eigenvalue weighted by atomic mass is 19.1. The van der Waals surface area contributed by atoms with Crippen molar-refractivity contribution in [2.45, 2.75) is 6.92 Å². The lowest BCUT2D eigenvalue weighted by Crippen LogP contribution is -2.20. The van der Waals surface area contributed by atoms with Gasteiger partial charge in [-0.2, -0.15) is 0 Å². The molecule has 0 unspecified atom stereocenters. The van der Waals surface area contributed by atoms with Gasteiger partial charge in [-0.1, -0.05) is 5.16 Å². The average molecular weight is 226 g/mol. The van der Waals surface area contributed by atoms with Crippen molar-refractivity contribution in [3.05, 3.63) is 29.6 Å². The molecule has 0 fully saturated rings. The number of carbonyl (C=O) groups is 1. The van der Waals surface area contributed by atoms with E-state index < -0.39 is 11.7 Å². The summed E-state index contributed by atoms with van der Waals surface area (Å²) in [4.78, 5) is 10.5. The number of halogens is 1. The largest absolute Gasteiger partial charge is 0.483 e. The van der Waals surface area contributed by atoms with Crippen molar-refractivity contribution in [2.75, 3.05) is 6.61 Å². The number of rotatable bonds is 4. The van der Waals surface area contributed by atoms with Gasteiger partial charge in [0.2, 0.25) is 0 Å². The van der Waals surface area contributed by atoms with Crippen molar-refractivity contribution in [3.8, 4) is 5.75 Å². The van der Waals surface area contributed by atoms with Crippen LogP contribution in [0.15, 0.2) is 23.4 Å². The number of nitrogens with two attached hydrogens (primary N) is 1. The molecule has 0 radical (unpaired) electrons. The van der Waals surface area contributed by atoms with Crippen LogP contribution in [0.5, 0.6) is 5.75 Å². The fourth-order valence-electron chi connectivity index (χ4n) is 1.11. The topological polar surface area (TPSA) is 84.9 Å². The van der Waals surface area contributed by atoms with Gasteiger partial charge >= 0.3 is 0 Å². The van der Waals surface area contributed by atoms with Gasteiger partial charge in [0.15, 0.2) is 6.61 Å². The third kappa shape index (κ3) is 2.94. The summed E-state index contributed by atoms with van der Waals surface area (Å²) in [6.45, 7) is 1.16. The molecule has 1 aromatic carbocycles. The molecule has 0 heterocycles. The quantitative estimate of drug-likeness (QED) is 0.454. The van der Waals surface area contributed by atoms with Crippen molar-refractivity contribution in [1.82, 2.24) is 0 Å². The van der Waals surface area contributed by atoms with E-state index in [4.69, 9.17) is 15.7 Å². The lowest BCUT2D eigenvalue weighted by molar-refractivity contribution is -0.119. The maximum atomic E-state index is 13.0. The first kappa shape index (κ1) is 12.0. The van der Waals surface area contributed by atoms with Crippen LogP contribution in [0.25, 0.3) is 0 Å². The van der Waals surface area contributed by atoms with E-state index in [0.29, 0.717) is 0 Å². The van der Waals surface area contributed by atoms with Crippen LogP contribution in [0.1, 0.15) is 12.5 Å². The van der Waals surface area contributed by atoms with Crippen LogP contribution in [0.3, 0.4) is 0 Å². The number of carbonyl (C=O) groups excluding carboxylic acids is 1. The molecule has 0 aliphatic carbocycles. The number of amides is 1. The molecule has 5 nitrogen and oxygen atoms in total. The second-order valence-electron chi connectivity index (χ2n) is 3.08. The summed E-state index contributed by atoms with van der Waals surface area (Å²) in [5.74, 6) is -0.909. The van der Waals surface area contributed by atoms with Crippen molar-refractivity contribution in [1.29, 1.82) is 0 Å². The first-order chi connectivity index (χ1) is 7.54. The van der Waals surface area contributed by atoms with E-state index in [0.717, 1.165) is 6.07 Å². The molecule has 6 heteroatoms. The van der Waals surface area contributed by atoms with E-state index >= 15 is 0 Å². The predicted octanol–water partition coefficient (Wildman–Crippen LogP) is 0.888. The minimum absolute atomic E-state index is 0.180. The van der Waals surface area contributed by atoms with Gasteiger partial charge in [0.1, 0.15) is 11.6 Å². The number of benzene rings is 1. The molecular formula is C10H11FN2O3. The Labute approximate surface area is 91.3 Å². The maximum absolute atomic E-state index is 13.0. The Kier molecular flexibility index (Phi) is 3.82. The van der Waals surface area contributed by atoms with Crippen LogP contribution < -0.4 is 10.5 Å². The Bertz CT molecular complexity index is 432. The minimum Gasteiger partial charge on any atom is -0.483 e. The molecule has 3 N–H and O–H groups in total. The SMILES string of the molecule is CC(=NO)c1cc(F)ccc1OCC(N)=O. The van der Waals surface area contributed by atoms with Crippen molar-refractivity contribution in [3.63, 3.8) is 0 Å². The van der Waals surface area contributed by atoms with Gasteiger partial charge in [-0.25, -0.2) is 4.39 Å². The molecule has 0 atom stereocenters. The number of nitrogens with zero attached hydrogens (tertiary/aromatic N) is 1. The molecule has 0 spiro atoms. The molecule has 0 saturated heterocycles. The number of hydrogen-bond donors (Lipinski definition) is 2. The minimum atomic E-state index is -0.645. The van der Waals surface area contributed by atoms with Crippen LogP contribution in [0.2, 0.25) is 0 Å². The third-order valence-corrected chi connectivity index (χ3v) is 1.85. The lowest BCUT2D eigenvalue weighted by atomic mass is 10.1. The van der Waals surface area contributed by atoms with Gasteiger partial charge in [-0.3, -0.25) is 4.79 Å². The molecule has 0 bridgehead atoms. The molecule has 1 aromatic rings. The molecule has 0 aliphatic heterocycles. The molecular weight excluding hydrogens is 215 g/mol. The number of primary amides is 1. The molecule has 1 amide bonds. The van der Waals surface area contributed by atoms with Gasteiger partial charge in [0, 0.05) is 5.56 Å². The van der Waals surface area contributed by atoms with Gasteiger partial charge in [-0.15, -0.1) is 0 Å². The summed E-state index contributed by atoms with van der Waals surface area (Å²) in [6.07, 6.45) is 0. The second kappa shape index (κ2) is 5.11. The average Bonchev–Trinajstić information content (AvgIpc) is 2.26. The van der Waals surface area contributed by atoms with E-state index in [1.807, 2.05) is 0 Å². The highest BCUT2D eigenvalue weighted by molar-refractivity contribution is 6.00. The summed E-state index contributed by atoms with van der Waals surface area (Å²) >= 11 is 0. The normalized spacial score (nSPS) is 11.2. The van der Waals surface area contributed by atoms with E-state index in [9.17, 15) is 9.18 Å². The highest BCUT2D eigenvalue weighted by Crippen LogP contribution is 2.20. The Morgan fingerprint density at radius 1 is 1.62 bits per heavy atom. The number of oxime groups is 1. The summed E-state index contributed by atoms with van der Waals surface area (Å²) in [5.41, 5.74) is 5.36. The Morgan fingerprint density at radius 3 is 2.88 bits per heavy atom. The van der Waals surface area contributed by atoms with Gasteiger partial charge in [0.25, 0.3) is 5.91 Å². The monoisotopic (exact) mass is 226 g/mol. The summed E-state index contributed by atoms with van der Waals surface area (Å²) < 4.78 is 18.0. The zero-order valence-electron chi connectivity index (χ0n) is 8.61. The lowest BCUT2D eigenvalue weighted by Gasteiger charge is -2.09. The van der Waals surface area contributed by atoms with E-state index in [2.05, 4.69) is 5.16 Å². The Morgan fingerprint density at radius 2 is 2.31 bits per heavy atom. The molecule has 86 valence electrons. The summed E-state index contributed by atoms with van der Waals surface area (Å²) in [6, 6.07) is 3.65. The van der Waals surface area contributed by atoms with E-state index in [1.165, 1.54) is 19.1 Å². The molecule has 16 heavy (non-hydrogen) atoms. The smallest absolute Gasteiger partial charge is 0.255 e. The van der Waals surface area contributed by atoms with Gasteiger partial charge < -0.3 is 15.7 Å². The highest BCUT2D eigenvalue weighted by Gasteiger charge is 2.09. The summed E-state index contributed by atoms with van der Waals surface area (Å²) in [7, 11) is 0. The number of hydrogen-bond acceptors (Lipinski definition) is 4. The molecule has 1 rings (SSSR count). The summed E-state index contributed by atoms with van der Waals surface area (Å²) in [5, 5.41) is 11.5. The number of ether oxygens (including phenoxy) is 1. The molecule has 0 aliphatic rings. The van der Waals surface area contributed by atoms with Crippen molar-refractivity contribution in [2.24, 2.45) is 10.9 Å². The van der Waals surface area contributed by atoms with Crippen LogP contribution in [-0.4, -0.2) is 23.4 Å². The van der Waals surface area contributed by atoms with Gasteiger partial charge in [0.05, 0.1) is 5.71 Å². The Balaban J connectivity index is 3.03. The first-order valence-electron chi connectivity index (χ1n) is 4.44. The van der Waals surface area contributed by atoms with Gasteiger partial charge in [-0.05, 0) is 25.1 Å². The Hall–Kier alpha value is -2.11. The van der Waals surface area contributed by atoms with Crippen molar-refractivity contribution >= 4 is 11.6 Å². The standard InChI is InChI=1S/C10H11FN2O3/c1-6(13-15)8-4-7(11)2-3-9(8)16-5-10(12)14/h2-4,15H,5H2,1H3,(H2,12,14). The van der Waals surface area contributed by atoms with Crippen LogP contribution in [0, 0.1) is 5.82 Å². The van der Waals surface area contributed by atoms with Crippen LogP contribution >= 0.6 is 0 Å². The zero-order chi connectivity index (χ0) is 12.1. The molecule has 0 aromatic heterocycles.